The summed E-state index contributed by atoms with van der Waals surface area (Å²) in [6.07, 6.45) is 2.31. The Morgan fingerprint density at radius 2 is 1.61 bits per heavy atom. The molecule has 2 aromatic carbocycles. The summed E-state index contributed by atoms with van der Waals surface area (Å²) in [6, 6.07) is 14.2. The third kappa shape index (κ3) is 3.91. The van der Waals surface area contributed by atoms with Crippen LogP contribution in [0.3, 0.4) is 0 Å². The van der Waals surface area contributed by atoms with Gasteiger partial charge >= 0.3 is 0 Å². The predicted molar refractivity (Wildman–Crippen MR) is 118 cm³/mol. The zero-order chi connectivity index (χ0) is 21.3. The van der Waals surface area contributed by atoms with Crippen LogP contribution in [0.2, 0.25) is 0 Å². The summed E-state index contributed by atoms with van der Waals surface area (Å²) in [6.45, 7) is 2.97. The molecular weight excluding hydrogens is 394 g/mol. The Bertz CT molecular complexity index is 1060. The maximum atomic E-state index is 5.90. The fraction of sp³-hybridized carbons (Fsp3) is 0.417. The van der Waals surface area contributed by atoms with Crippen molar-refractivity contribution >= 4 is 16.7 Å². The highest BCUT2D eigenvalue weighted by molar-refractivity contribution is 5.92. The summed E-state index contributed by atoms with van der Waals surface area (Å²) in [5.74, 6) is 2.62. The van der Waals surface area contributed by atoms with Crippen LogP contribution < -0.4 is 14.4 Å². The van der Waals surface area contributed by atoms with Gasteiger partial charge < -0.3 is 23.8 Å². The van der Waals surface area contributed by atoms with Gasteiger partial charge in [0.15, 0.2) is 17.3 Å². The quantitative estimate of drug-likeness (QED) is 0.624. The Hall–Kier alpha value is -2.90. The van der Waals surface area contributed by atoms with E-state index in [0.717, 1.165) is 48.5 Å². The van der Waals surface area contributed by atoms with Crippen molar-refractivity contribution < 1.29 is 18.9 Å². The average Bonchev–Trinajstić information content (AvgIpc) is 3.26. The summed E-state index contributed by atoms with van der Waals surface area (Å²) in [5.41, 5.74) is 2.03. The minimum atomic E-state index is -0.423. The Labute approximate surface area is 181 Å². The van der Waals surface area contributed by atoms with Crippen LogP contribution in [0.25, 0.3) is 10.9 Å². The molecular formula is C24H27N3O4. The van der Waals surface area contributed by atoms with Crippen molar-refractivity contribution in [3.63, 3.8) is 0 Å². The molecule has 0 aliphatic carbocycles. The molecule has 0 radical (unpaired) electrons. The number of nitrogens with zero attached hydrogens (tertiary/aromatic N) is 3. The van der Waals surface area contributed by atoms with Gasteiger partial charge in [0.2, 0.25) is 0 Å². The zero-order valence-electron chi connectivity index (χ0n) is 18.0. The molecule has 7 nitrogen and oxygen atoms in total. The summed E-state index contributed by atoms with van der Waals surface area (Å²) in [5, 5.41) is 0.957. The van der Waals surface area contributed by atoms with Crippen LogP contribution in [-0.2, 0) is 15.9 Å². The molecule has 0 unspecified atom stereocenters. The van der Waals surface area contributed by atoms with Gasteiger partial charge in [-0.15, -0.1) is 0 Å². The molecule has 3 heterocycles. The van der Waals surface area contributed by atoms with E-state index < -0.39 is 5.79 Å². The van der Waals surface area contributed by atoms with E-state index in [4.69, 9.17) is 28.9 Å². The number of hydrogen-bond donors (Lipinski definition) is 0. The maximum Gasteiger partial charge on any atom is 0.171 e. The fourth-order valence-electron chi connectivity index (χ4n) is 4.43. The highest BCUT2D eigenvalue weighted by atomic mass is 16.7. The Morgan fingerprint density at radius 1 is 0.935 bits per heavy atom. The molecule has 0 amide bonds. The van der Waals surface area contributed by atoms with E-state index >= 15 is 0 Å². The second-order valence-corrected chi connectivity index (χ2v) is 7.94. The zero-order valence-corrected chi connectivity index (χ0v) is 18.0. The highest BCUT2D eigenvalue weighted by Crippen LogP contribution is 2.38. The number of aromatic nitrogens is 2. The van der Waals surface area contributed by atoms with Crippen molar-refractivity contribution in [2.45, 2.75) is 25.0 Å². The van der Waals surface area contributed by atoms with E-state index in [1.54, 1.807) is 14.2 Å². The topological polar surface area (TPSA) is 65.9 Å². The van der Waals surface area contributed by atoms with Crippen LogP contribution >= 0.6 is 0 Å². The lowest BCUT2D eigenvalue weighted by Gasteiger charge is -2.38. The van der Waals surface area contributed by atoms with Crippen molar-refractivity contribution in [3.8, 4) is 11.5 Å². The number of fused-ring (bicyclic) bond motifs is 1. The lowest BCUT2D eigenvalue weighted by Crippen LogP contribution is -2.45. The molecule has 2 fully saturated rings. The number of anilines is 1. The molecule has 5 rings (SSSR count). The van der Waals surface area contributed by atoms with Gasteiger partial charge in [-0.3, -0.25) is 0 Å². The standard InChI is InChI=1S/C24H27N3O4/c1-28-20-15-18-19(16-21(20)29-2)25-22(14-17-6-4-3-5-7-17)26-23(18)27-10-8-24(9-11-27)30-12-13-31-24/h3-7,15-16H,8-14H2,1-2H3. The molecule has 3 aromatic rings. The van der Waals surface area contributed by atoms with Gasteiger partial charge in [-0.25, -0.2) is 9.97 Å². The number of hydrogen-bond acceptors (Lipinski definition) is 7. The average molecular weight is 421 g/mol. The third-order valence-electron chi connectivity index (χ3n) is 6.07. The molecule has 2 aliphatic rings. The molecule has 7 heteroatoms. The number of benzene rings is 2. The van der Waals surface area contributed by atoms with Crippen molar-refractivity contribution in [2.75, 3.05) is 45.4 Å². The molecule has 0 atom stereocenters. The van der Waals surface area contributed by atoms with Crippen molar-refractivity contribution in [1.82, 2.24) is 9.97 Å². The number of piperidine rings is 1. The van der Waals surface area contributed by atoms with E-state index in [1.165, 1.54) is 5.56 Å². The molecule has 1 spiro atoms. The van der Waals surface area contributed by atoms with E-state index in [1.807, 2.05) is 30.3 Å². The monoisotopic (exact) mass is 421 g/mol. The molecule has 2 aliphatic heterocycles. The summed E-state index contributed by atoms with van der Waals surface area (Å²) in [4.78, 5) is 12.2. The maximum absolute atomic E-state index is 5.90. The van der Waals surface area contributed by atoms with Crippen LogP contribution in [0.5, 0.6) is 11.5 Å². The van der Waals surface area contributed by atoms with Crippen LogP contribution in [0, 0.1) is 0 Å². The Morgan fingerprint density at radius 3 is 2.29 bits per heavy atom. The van der Waals surface area contributed by atoms with E-state index in [0.29, 0.717) is 31.1 Å². The lowest BCUT2D eigenvalue weighted by atomic mass is 10.0. The van der Waals surface area contributed by atoms with Crippen LogP contribution in [0.1, 0.15) is 24.2 Å². The van der Waals surface area contributed by atoms with Gasteiger partial charge in [0, 0.05) is 43.8 Å². The normalized spacial score (nSPS) is 17.9. The predicted octanol–water partition coefficient (Wildman–Crippen LogP) is 3.58. The highest BCUT2D eigenvalue weighted by Gasteiger charge is 2.40. The fourth-order valence-corrected chi connectivity index (χ4v) is 4.43. The van der Waals surface area contributed by atoms with Crippen molar-refractivity contribution in [2.24, 2.45) is 0 Å². The van der Waals surface area contributed by atoms with Crippen LogP contribution in [0.4, 0.5) is 5.82 Å². The minimum absolute atomic E-state index is 0.423. The molecule has 0 N–H and O–H groups in total. The van der Waals surface area contributed by atoms with E-state index in [2.05, 4.69) is 17.0 Å². The molecule has 162 valence electrons. The van der Waals surface area contributed by atoms with Gasteiger partial charge in [-0.2, -0.15) is 0 Å². The van der Waals surface area contributed by atoms with E-state index in [-0.39, 0.29) is 0 Å². The Balaban J connectivity index is 1.55. The smallest absolute Gasteiger partial charge is 0.171 e. The first kappa shape index (κ1) is 20.0. The molecule has 2 saturated heterocycles. The molecule has 1 aromatic heterocycles. The van der Waals surface area contributed by atoms with Gasteiger partial charge in [-0.1, -0.05) is 30.3 Å². The van der Waals surface area contributed by atoms with Crippen LogP contribution in [0.15, 0.2) is 42.5 Å². The number of methoxy groups -OCH3 is 2. The molecule has 31 heavy (non-hydrogen) atoms. The Kier molecular flexibility index (Phi) is 5.38. The number of rotatable bonds is 5. The second kappa shape index (κ2) is 8.32. The lowest BCUT2D eigenvalue weighted by molar-refractivity contribution is -0.169. The second-order valence-electron chi connectivity index (χ2n) is 7.94. The van der Waals surface area contributed by atoms with Crippen LogP contribution in [-0.4, -0.2) is 56.3 Å². The van der Waals surface area contributed by atoms with Gasteiger partial charge in [0.05, 0.1) is 33.0 Å². The summed E-state index contributed by atoms with van der Waals surface area (Å²) in [7, 11) is 3.29. The van der Waals surface area contributed by atoms with Gasteiger partial charge in [0.25, 0.3) is 0 Å². The van der Waals surface area contributed by atoms with E-state index in [9.17, 15) is 0 Å². The molecule has 0 saturated carbocycles. The summed E-state index contributed by atoms with van der Waals surface area (Å²) < 4.78 is 22.9. The van der Waals surface area contributed by atoms with Crippen molar-refractivity contribution in [1.29, 1.82) is 0 Å². The largest absolute Gasteiger partial charge is 0.493 e. The minimum Gasteiger partial charge on any atom is -0.493 e. The SMILES string of the molecule is COc1cc2nc(Cc3ccccc3)nc(N3CCC4(CC3)OCCO4)c2cc1OC. The first-order chi connectivity index (χ1) is 15.2. The first-order valence-electron chi connectivity index (χ1n) is 10.7. The third-order valence-corrected chi connectivity index (χ3v) is 6.07. The van der Waals surface area contributed by atoms with Gasteiger partial charge in [-0.05, 0) is 11.6 Å². The number of ether oxygens (including phenoxy) is 4. The van der Waals surface area contributed by atoms with Crippen molar-refractivity contribution in [3.05, 3.63) is 53.9 Å². The molecule has 0 bridgehead atoms. The first-order valence-corrected chi connectivity index (χ1v) is 10.7. The van der Waals surface area contributed by atoms with Gasteiger partial charge in [0.1, 0.15) is 11.6 Å². The summed E-state index contributed by atoms with van der Waals surface area (Å²) >= 11 is 0.